The van der Waals surface area contributed by atoms with E-state index in [2.05, 4.69) is 21.2 Å². The molecule has 0 radical (unpaired) electrons. The Morgan fingerprint density at radius 3 is 2.52 bits per heavy atom. The van der Waals surface area contributed by atoms with E-state index in [9.17, 15) is 4.39 Å². The van der Waals surface area contributed by atoms with E-state index in [-0.39, 0.29) is 11.9 Å². The second-order valence-corrected chi connectivity index (χ2v) is 5.72. The van der Waals surface area contributed by atoms with Crippen LogP contribution in [0.25, 0.3) is 0 Å². The fourth-order valence-electron chi connectivity index (χ4n) is 2.47. The Bertz CT molecular complexity index is 639. The lowest BCUT2D eigenvalue weighted by molar-refractivity contribution is 0.400. The number of halogens is 2. The Balaban J connectivity index is 2.57. The van der Waals surface area contributed by atoms with Crippen LogP contribution in [0.2, 0.25) is 0 Å². The van der Waals surface area contributed by atoms with Gasteiger partial charge in [-0.1, -0.05) is 6.92 Å². The lowest BCUT2D eigenvalue weighted by Gasteiger charge is -2.21. The molecule has 0 saturated carbocycles. The van der Waals surface area contributed by atoms with Crippen LogP contribution < -0.4 is 10.1 Å². The van der Waals surface area contributed by atoms with E-state index in [1.165, 1.54) is 6.07 Å². The van der Waals surface area contributed by atoms with Crippen LogP contribution in [0, 0.1) is 19.7 Å². The molecule has 1 heterocycles. The highest BCUT2D eigenvalue weighted by molar-refractivity contribution is 9.10. The second kappa shape index (κ2) is 6.62. The molecule has 1 aromatic heterocycles. The fourth-order valence-corrected chi connectivity index (χ4v) is 2.84. The van der Waals surface area contributed by atoms with Crippen LogP contribution >= 0.6 is 15.9 Å². The zero-order valence-electron chi connectivity index (χ0n) is 12.6. The Hall–Kier alpha value is -1.33. The minimum Gasteiger partial charge on any atom is -0.496 e. The summed E-state index contributed by atoms with van der Waals surface area (Å²) in [6, 6.07) is 5.04. The molecule has 114 valence electrons. The van der Waals surface area contributed by atoms with Gasteiger partial charge in [-0.05, 0) is 48.5 Å². The molecule has 0 aliphatic carbocycles. The summed E-state index contributed by atoms with van der Waals surface area (Å²) in [6.45, 7) is 6.64. The molecule has 0 amide bonds. The van der Waals surface area contributed by atoms with E-state index < -0.39 is 0 Å². The van der Waals surface area contributed by atoms with Crippen molar-refractivity contribution in [2.75, 3.05) is 13.7 Å². The van der Waals surface area contributed by atoms with Crippen molar-refractivity contribution < 1.29 is 13.5 Å². The number of nitrogens with one attached hydrogen (secondary N) is 1. The molecule has 0 saturated heterocycles. The molecular weight excluding hydrogens is 337 g/mol. The summed E-state index contributed by atoms with van der Waals surface area (Å²) in [6.07, 6.45) is 0. The van der Waals surface area contributed by atoms with Gasteiger partial charge in [0.15, 0.2) is 0 Å². The lowest BCUT2D eigenvalue weighted by atomic mass is 9.97. The molecule has 1 N–H and O–H groups in total. The first kappa shape index (κ1) is 16.0. The van der Waals surface area contributed by atoms with Crippen molar-refractivity contribution in [3.8, 4) is 5.75 Å². The third kappa shape index (κ3) is 3.30. The maximum Gasteiger partial charge on any atom is 0.141 e. The fraction of sp³-hybridized carbons (Fsp3) is 0.375. The van der Waals surface area contributed by atoms with Crippen LogP contribution in [0.5, 0.6) is 5.75 Å². The van der Waals surface area contributed by atoms with Gasteiger partial charge in [0.2, 0.25) is 0 Å². The van der Waals surface area contributed by atoms with Crippen LogP contribution in [0.4, 0.5) is 4.39 Å². The summed E-state index contributed by atoms with van der Waals surface area (Å²) in [5.74, 6) is 1.87. The summed E-state index contributed by atoms with van der Waals surface area (Å²) in [7, 11) is 1.54. The van der Waals surface area contributed by atoms with Gasteiger partial charge in [-0.3, -0.25) is 0 Å². The van der Waals surface area contributed by atoms with Crippen molar-refractivity contribution in [3.05, 3.63) is 51.1 Å². The summed E-state index contributed by atoms with van der Waals surface area (Å²) in [4.78, 5) is 0. The number of benzene rings is 1. The first-order chi connectivity index (χ1) is 9.97. The van der Waals surface area contributed by atoms with E-state index in [1.807, 2.05) is 26.8 Å². The molecule has 2 rings (SSSR count). The molecule has 2 aromatic rings. The predicted molar refractivity (Wildman–Crippen MR) is 84.4 cm³/mol. The highest BCUT2D eigenvalue weighted by atomic mass is 79.9. The van der Waals surface area contributed by atoms with E-state index >= 15 is 0 Å². The SMILES string of the molecule is CCNC(c1cc(Br)c(F)cc1OC)c1cc(C)oc1C. The molecule has 5 heteroatoms. The molecule has 3 nitrogen and oxygen atoms in total. The van der Waals surface area contributed by atoms with Crippen LogP contribution in [-0.4, -0.2) is 13.7 Å². The van der Waals surface area contributed by atoms with Gasteiger partial charge in [-0.25, -0.2) is 4.39 Å². The third-order valence-corrected chi connectivity index (χ3v) is 3.99. The van der Waals surface area contributed by atoms with Crippen molar-refractivity contribution in [3.63, 3.8) is 0 Å². The molecule has 0 aliphatic heterocycles. The molecule has 0 spiro atoms. The van der Waals surface area contributed by atoms with Crippen LogP contribution in [0.3, 0.4) is 0 Å². The number of ether oxygens (including phenoxy) is 1. The monoisotopic (exact) mass is 355 g/mol. The van der Waals surface area contributed by atoms with Gasteiger partial charge in [0.1, 0.15) is 23.1 Å². The summed E-state index contributed by atoms with van der Waals surface area (Å²) in [5.41, 5.74) is 1.91. The molecule has 1 unspecified atom stereocenters. The number of hydrogen-bond donors (Lipinski definition) is 1. The Kier molecular flexibility index (Phi) is 5.06. The van der Waals surface area contributed by atoms with E-state index in [0.717, 1.165) is 29.2 Å². The first-order valence-corrected chi connectivity index (χ1v) is 7.60. The number of methoxy groups -OCH3 is 1. The largest absolute Gasteiger partial charge is 0.496 e. The molecule has 1 aromatic carbocycles. The van der Waals surface area contributed by atoms with Crippen molar-refractivity contribution in [2.24, 2.45) is 0 Å². The molecule has 1 atom stereocenters. The number of rotatable bonds is 5. The van der Waals surface area contributed by atoms with Crippen molar-refractivity contribution >= 4 is 15.9 Å². The Morgan fingerprint density at radius 1 is 1.29 bits per heavy atom. The Labute approximate surface area is 132 Å². The lowest BCUT2D eigenvalue weighted by Crippen LogP contribution is -2.23. The van der Waals surface area contributed by atoms with Crippen molar-refractivity contribution in [1.29, 1.82) is 0 Å². The van der Waals surface area contributed by atoms with Gasteiger partial charge in [0.25, 0.3) is 0 Å². The van der Waals surface area contributed by atoms with Crippen LogP contribution in [-0.2, 0) is 0 Å². The van der Waals surface area contributed by atoms with E-state index in [4.69, 9.17) is 9.15 Å². The summed E-state index contributed by atoms with van der Waals surface area (Å²) >= 11 is 3.24. The number of furan rings is 1. The van der Waals surface area contributed by atoms with Gasteiger partial charge < -0.3 is 14.5 Å². The molecule has 0 fully saturated rings. The standard InChI is InChI=1S/C16H19BrFNO2/c1-5-19-16(11-6-9(2)21-10(11)3)12-7-13(17)14(18)8-15(12)20-4/h6-8,16,19H,5H2,1-4H3. The third-order valence-electron chi connectivity index (χ3n) is 3.38. The van der Waals surface area contributed by atoms with Crippen molar-refractivity contribution in [2.45, 2.75) is 26.8 Å². The zero-order valence-corrected chi connectivity index (χ0v) is 14.2. The molecule has 21 heavy (non-hydrogen) atoms. The average Bonchev–Trinajstić information content (AvgIpc) is 2.77. The molecule has 0 bridgehead atoms. The van der Waals surface area contributed by atoms with Crippen LogP contribution in [0.1, 0.15) is 35.6 Å². The van der Waals surface area contributed by atoms with Crippen LogP contribution in [0.15, 0.2) is 27.1 Å². The highest BCUT2D eigenvalue weighted by Gasteiger charge is 2.23. The summed E-state index contributed by atoms with van der Waals surface area (Å²) < 4.78 is 25.1. The maximum atomic E-state index is 13.7. The maximum absolute atomic E-state index is 13.7. The minimum atomic E-state index is -0.342. The van der Waals surface area contributed by atoms with E-state index in [1.54, 1.807) is 13.2 Å². The van der Waals surface area contributed by atoms with Gasteiger partial charge in [-0.15, -0.1) is 0 Å². The van der Waals surface area contributed by atoms with Gasteiger partial charge in [-0.2, -0.15) is 0 Å². The Morgan fingerprint density at radius 2 is 2.00 bits per heavy atom. The highest BCUT2D eigenvalue weighted by Crippen LogP contribution is 2.36. The van der Waals surface area contributed by atoms with Crippen molar-refractivity contribution in [1.82, 2.24) is 5.32 Å². The smallest absolute Gasteiger partial charge is 0.141 e. The quantitative estimate of drug-likeness (QED) is 0.856. The van der Waals surface area contributed by atoms with E-state index in [0.29, 0.717) is 10.2 Å². The van der Waals surface area contributed by atoms with Gasteiger partial charge in [0.05, 0.1) is 17.6 Å². The normalized spacial score (nSPS) is 12.5. The van der Waals surface area contributed by atoms with Gasteiger partial charge in [0, 0.05) is 17.2 Å². The molecule has 0 aliphatic rings. The second-order valence-electron chi connectivity index (χ2n) is 4.87. The minimum absolute atomic E-state index is 0.112. The number of hydrogen-bond acceptors (Lipinski definition) is 3. The summed E-state index contributed by atoms with van der Waals surface area (Å²) in [5, 5.41) is 3.41. The topological polar surface area (TPSA) is 34.4 Å². The first-order valence-electron chi connectivity index (χ1n) is 6.81. The predicted octanol–water partition coefficient (Wildman–Crippen LogP) is 4.51. The van der Waals surface area contributed by atoms with Gasteiger partial charge >= 0.3 is 0 Å². The average molecular weight is 356 g/mol. The zero-order chi connectivity index (χ0) is 15.6. The number of aryl methyl sites for hydroxylation is 2. The molecular formula is C16H19BrFNO2.